The maximum Gasteiger partial charge on any atom is 0.323 e. The number of aromatic nitrogens is 2. The van der Waals surface area contributed by atoms with E-state index in [1.54, 1.807) is 24.3 Å². The second-order valence-corrected chi connectivity index (χ2v) is 5.88. The molecule has 1 heterocycles. The van der Waals surface area contributed by atoms with Gasteiger partial charge in [0.05, 0.1) is 10.7 Å². The van der Waals surface area contributed by atoms with Gasteiger partial charge in [0.15, 0.2) is 5.82 Å². The topological polar surface area (TPSA) is 78.9 Å². The Kier molecular flexibility index (Phi) is 5.28. The van der Waals surface area contributed by atoms with E-state index in [0.717, 1.165) is 11.4 Å². The van der Waals surface area contributed by atoms with Crippen molar-refractivity contribution < 1.29 is 9.18 Å². The number of hydrogen-bond acceptors (Lipinski definition) is 4. The zero-order valence-corrected chi connectivity index (χ0v) is 14.5. The third-order valence-corrected chi connectivity index (χ3v) is 3.68. The second-order valence-electron chi connectivity index (χ2n) is 5.47. The number of nitrogens with zero attached hydrogens (tertiary/aromatic N) is 2. The molecule has 3 aromatic rings. The summed E-state index contributed by atoms with van der Waals surface area (Å²) < 4.78 is 13.1. The molecule has 0 unspecified atom stereocenters. The third-order valence-electron chi connectivity index (χ3n) is 3.39. The predicted molar refractivity (Wildman–Crippen MR) is 101 cm³/mol. The summed E-state index contributed by atoms with van der Waals surface area (Å²) in [5.74, 6) is 0.0845. The molecule has 3 N–H and O–H groups in total. The van der Waals surface area contributed by atoms with Crippen LogP contribution in [0.3, 0.4) is 0 Å². The molecule has 0 fully saturated rings. The van der Waals surface area contributed by atoms with Crippen LogP contribution in [0, 0.1) is 12.7 Å². The first-order valence-corrected chi connectivity index (χ1v) is 8.08. The molecule has 0 bridgehead atoms. The van der Waals surface area contributed by atoms with Crippen molar-refractivity contribution in [2.75, 3.05) is 16.0 Å². The minimum Gasteiger partial charge on any atom is -0.339 e. The van der Waals surface area contributed by atoms with E-state index >= 15 is 0 Å². The van der Waals surface area contributed by atoms with E-state index in [1.807, 2.05) is 19.1 Å². The summed E-state index contributed by atoms with van der Waals surface area (Å²) >= 11 is 5.69. The highest BCUT2D eigenvalue weighted by Gasteiger charge is 2.06. The molecule has 3 rings (SSSR count). The Hall–Kier alpha value is -3.19. The Balaban J connectivity index is 1.58. The standard InChI is InChI=1S/C18H15ClFN5O/c1-11-2-9-17(25-24-11)21-12-3-5-13(6-4-12)22-18(26)23-14-7-8-16(20)15(19)10-14/h2-10H,1H3,(H,21,25)(H2,22,23,26). The quantitative estimate of drug-likeness (QED) is 0.605. The number of urea groups is 1. The largest absolute Gasteiger partial charge is 0.339 e. The SMILES string of the molecule is Cc1ccc(Nc2ccc(NC(=O)Nc3ccc(F)c(Cl)c3)cc2)nn1. The number of amides is 2. The van der Waals surface area contributed by atoms with Gasteiger partial charge in [-0.05, 0) is 61.5 Å². The fraction of sp³-hybridized carbons (Fsp3) is 0.0556. The number of hydrogen-bond donors (Lipinski definition) is 3. The van der Waals surface area contributed by atoms with Crippen LogP contribution in [-0.4, -0.2) is 16.2 Å². The zero-order valence-electron chi connectivity index (χ0n) is 13.8. The van der Waals surface area contributed by atoms with E-state index in [-0.39, 0.29) is 5.02 Å². The van der Waals surface area contributed by atoms with E-state index in [0.29, 0.717) is 17.2 Å². The maximum absolute atomic E-state index is 13.1. The molecular formula is C18H15ClFN5O. The fourth-order valence-electron chi connectivity index (χ4n) is 2.12. The Morgan fingerprint density at radius 3 is 2.23 bits per heavy atom. The first-order chi connectivity index (χ1) is 12.5. The number of halogens is 2. The molecule has 0 saturated heterocycles. The smallest absolute Gasteiger partial charge is 0.323 e. The highest BCUT2D eigenvalue weighted by atomic mass is 35.5. The average molecular weight is 372 g/mol. The average Bonchev–Trinajstić information content (AvgIpc) is 2.62. The van der Waals surface area contributed by atoms with E-state index in [1.165, 1.54) is 18.2 Å². The van der Waals surface area contributed by atoms with Crippen molar-refractivity contribution >= 4 is 40.5 Å². The molecule has 8 heteroatoms. The molecule has 2 aromatic carbocycles. The molecule has 132 valence electrons. The normalized spacial score (nSPS) is 10.3. The zero-order chi connectivity index (χ0) is 18.5. The lowest BCUT2D eigenvalue weighted by molar-refractivity contribution is 0.262. The van der Waals surface area contributed by atoms with Crippen molar-refractivity contribution in [1.29, 1.82) is 0 Å². The van der Waals surface area contributed by atoms with Crippen molar-refractivity contribution in [2.24, 2.45) is 0 Å². The van der Waals surface area contributed by atoms with Gasteiger partial charge in [0.1, 0.15) is 5.82 Å². The number of rotatable bonds is 4. The molecule has 0 spiro atoms. The number of carbonyl (C=O) groups is 1. The van der Waals surface area contributed by atoms with Crippen molar-refractivity contribution in [3.05, 3.63) is 71.1 Å². The number of benzene rings is 2. The van der Waals surface area contributed by atoms with Crippen molar-refractivity contribution in [1.82, 2.24) is 10.2 Å². The van der Waals surface area contributed by atoms with E-state index < -0.39 is 11.8 Å². The van der Waals surface area contributed by atoms with Crippen molar-refractivity contribution in [3.63, 3.8) is 0 Å². The first kappa shape index (κ1) is 17.6. The number of anilines is 4. The first-order valence-electron chi connectivity index (χ1n) is 7.70. The highest BCUT2D eigenvalue weighted by Crippen LogP contribution is 2.20. The molecule has 2 amide bonds. The molecule has 26 heavy (non-hydrogen) atoms. The molecule has 0 aliphatic carbocycles. The minimum absolute atomic E-state index is 0.0579. The summed E-state index contributed by atoms with van der Waals surface area (Å²) in [6, 6.07) is 14.3. The van der Waals surface area contributed by atoms with Crippen LogP contribution >= 0.6 is 11.6 Å². The summed E-state index contributed by atoms with van der Waals surface area (Å²) in [6.45, 7) is 1.86. The summed E-state index contributed by atoms with van der Waals surface area (Å²) in [5.41, 5.74) is 2.63. The molecule has 0 atom stereocenters. The predicted octanol–water partition coefficient (Wildman–Crippen LogP) is 4.97. The molecule has 0 radical (unpaired) electrons. The lowest BCUT2D eigenvalue weighted by atomic mass is 10.2. The van der Waals surface area contributed by atoms with Crippen LogP contribution in [0.15, 0.2) is 54.6 Å². The summed E-state index contributed by atoms with van der Waals surface area (Å²) in [5, 5.41) is 16.3. The van der Waals surface area contributed by atoms with Gasteiger partial charge in [0, 0.05) is 17.1 Å². The number of aryl methyl sites for hydroxylation is 1. The fourth-order valence-corrected chi connectivity index (χ4v) is 2.30. The third kappa shape index (κ3) is 4.67. The van der Waals surface area contributed by atoms with Crippen LogP contribution in [0.1, 0.15) is 5.69 Å². The van der Waals surface area contributed by atoms with Gasteiger partial charge in [-0.15, -0.1) is 5.10 Å². The van der Waals surface area contributed by atoms with Crippen LogP contribution in [0.25, 0.3) is 0 Å². The molecule has 6 nitrogen and oxygen atoms in total. The Labute approximate surface area is 154 Å². The molecule has 0 saturated carbocycles. The molecule has 1 aromatic heterocycles. The minimum atomic E-state index is -0.543. The summed E-state index contributed by atoms with van der Waals surface area (Å²) in [4.78, 5) is 12.0. The number of nitrogens with one attached hydrogen (secondary N) is 3. The maximum atomic E-state index is 13.1. The molecule has 0 aliphatic rings. The second kappa shape index (κ2) is 7.79. The van der Waals surface area contributed by atoms with Gasteiger partial charge in [-0.25, -0.2) is 9.18 Å². The van der Waals surface area contributed by atoms with Crippen LogP contribution in [0.2, 0.25) is 5.02 Å². The van der Waals surface area contributed by atoms with Crippen LogP contribution in [-0.2, 0) is 0 Å². The van der Waals surface area contributed by atoms with E-state index in [9.17, 15) is 9.18 Å². The Morgan fingerprint density at radius 2 is 1.58 bits per heavy atom. The van der Waals surface area contributed by atoms with Gasteiger partial charge >= 0.3 is 6.03 Å². The number of carbonyl (C=O) groups excluding carboxylic acids is 1. The van der Waals surface area contributed by atoms with Crippen LogP contribution < -0.4 is 16.0 Å². The van der Waals surface area contributed by atoms with Crippen LogP contribution in [0.4, 0.5) is 32.1 Å². The van der Waals surface area contributed by atoms with Crippen molar-refractivity contribution in [2.45, 2.75) is 6.92 Å². The molecular weight excluding hydrogens is 357 g/mol. The molecule has 0 aliphatic heterocycles. The summed E-state index contributed by atoms with van der Waals surface area (Å²) in [7, 11) is 0. The monoisotopic (exact) mass is 371 g/mol. The van der Waals surface area contributed by atoms with E-state index in [2.05, 4.69) is 26.1 Å². The lowest BCUT2D eigenvalue weighted by Crippen LogP contribution is -2.19. The van der Waals surface area contributed by atoms with Gasteiger partial charge in [0.25, 0.3) is 0 Å². The lowest BCUT2D eigenvalue weighted by Gasteiger charge is -2.09. The summed E-state index contributed by atoms with van der Waals surface area (Å²) in [6.07, 6.45) is 0. The van der Waals surface area contributed by atoms with Crippen molar-refractivity contribution in [3.8, 4) is 0 Å². The Morgan fingerprint density at radius 1 is 0.923 bits per heavy atom. The van der Waals surface area contributed by atoms with Gasteiger partial charge in [-0.1, -0.05) is 11.6 Å². The van der Waals surface area contributed by atoms with Crippen LogP contribution in [0.5, 0.6) is 0 Å². The van der Waals surface area contributed by atoms with Gasteiger partial charge in [-0.2, -0.15) is 5.10 Å². The van der Waals surface area contributed by atoms with E-state index in [4.69, 9.17) is 11.6 Å². The Bertz CT molecular complexity index is 916. The van der Waals surface area contributed by atoms with Gasteiger partial charge < -0.3 is 16.0 Å². The van der Waals surface area contributed by atoms with Gasteiger partial charge in [-0.3, -0.25) is 0 Å². The highest BCUT2D eigenvalue weighted by molar-refractivity contribution is 6.31. The van der Waals surface area contributed by atoms with Gasteiger partial charge in [0.2, 0.25) is 0 Å².